The van der Waals surface area contributed by atoms with Crippen molar-refractivity contribution in [3.8, 4) is 11.1 Å². The minimum Gasteiger partial charge on any atom is -0.236 e. The Kier molecular flexibility index (Phi) is 2.87. The van der Waals surface area contributed by atoms with Gasteiger partial charge in [-0.05, 0) is 40.1 Å². The summed E-state index contributed by atoms with van der Waals surface area (Å²) in [5, 5.41) is 4.12. The normalized spacial score (nSPS) is 11.1. The van der Waals surface area contributed by atoms with E-state index >= 15 is 0 Å². The van der Waals surface area contributed by atoms with Gasteiger partial charge in [-0.3, -0.25) is 0 Å². The van der Waals surface area contributed by atoms with Gasteiger partial charge in [0.1, 0.15) is 5.15 Å². The highest BCUT2D eigenvalue weighted by Crippen LogP contribution is 2.30. The van der Waals surface area contributed by atoms with Gasteiger partial charge in [0.25, 0.3) is 0 Å². The van der Waals surface area contributed by atoms with Crippen LogP contribution >= 0.6 is 11.6 Å². The molecule has 0 saturated carbocycles. The monoisotopic (exact) mass is 289 g/mol. The second-order valence-electron chi connectivity index (χ2n) is 5.07. The Hall–Kier alpha value is -2.38. The maximum absolute atomic E-state index is 6.00. The van der Waals surface area contributed by atoms with Crippen molar-refractivity contribution in [2.45, 2.75) is 0 Å². The van der Waals surface area contributed by atoms with Crippen LogP contribution in [0, 0.1) is 0 Å². The lowest BCUT2D eigenvalue weighted by molar-refractivity contribution is 1.41. The highest BCUT2D eigenvalue weighted by atomic mass is 35.5. The molecule has 21 heavy (non-hydrogen) atoms. The second kappa shape index (κ2) is 4.87. The van der Waals surface area contributed by atoms with Crippen molar-refractivity contribution in [1.29, 1.82) is 0 Å². The van der Waals surface area contributed by atoms with E-state index in [9.17, 15) is 0 Å². The molecule has 1 nitrogen and oxygen atoms in total. The maximum atomic E-state index is 6.00. The Bertz CT molecular complexity index is 954. The highest BCUT2D eigenvalue weighted by molar-refractivity contribution is 6.29. The fraction of sp³-hybridized carbons (Fsp3) is 0. The van der Waals surface area contributed by atoms with Crippen LogP contribution < -0.4 is 0 Å². The maximum Gasteiger partial charge on any atom is 0.129 e. The van der Waals surface area contributed by atoms with Gasteiger partial charge in [0.05, 0.1) is 5.52 Å². The zero-order valence-electron chi connectivity index (χ0n) is 11.3. The molecule has 1 aromatic heterocycles. The van der Waals surface area contributed by atoms with E-state index in [2.05, 4.69) is 65.6 Å². The third kappa shape index (κ3) is 2.16. The van der Waals surface area contributed by atoms with Crippen molar-refractivity contribution in [3.63, 3.8) is 0 Å². The van der Waals surface area contributed by atoms with E-state index in [-0.39, 0.29) is 0 Å². The van der Waals surface area contributed by atoms with Gasteiger partial charge >= 0.3 is 0 Å². The summed E-state index contributed by atoms with van der Waals surface area (Å²) in [6, 6.07) is 24.9. The second-order valence-corrected chi connectivity index (χ2v) is 5.46. The lowest BCUT2D eigenvalue weighted by Gasteiger charge is -2.08. The molecule has 0 aliphatic rings. The molecule has 1 heterocycles. The van der Waals surface area contributed by atoms with Gasteiger partial charge < -0.3 is 0 Å². The van der Waals surface area contributed by atoms with E-state index in [4.69, 9.17) is 11.6 Å². The van der Waals surface area contributed by atoms with E-state index in [0.29, 0.717) is 5.15 Å². The molecule has 4 rings (SSSR count). The topological polar surface area (TPSA) is 12.9 Å². The molecule has 4 aromatic rings. The standard InChI is InChI=1S/C19H12ClN/c20-19-11-10-14-8-9-15(12-18(14)21-19)17-7-3-5-13-4-1-2-6-16(13)17/h1-12H. The lowest BCUT2D eigenvalue weighted by atomic mass is 9.97. The fourth-order valence-corrected chi connectivity index (χ4v) is 2.89. The minimum atomic E-state index is 0.526. The summed E-state index contributed by atoms with van der Waals surface area (Å²) in [6.07, 6.45) is 0. The average Bonchev–Trinajstić information content (AvgIpc) is 2.53. The Labute approximate surface area is 127 Å². The number of benzene rings is 3. The molecule has 0 amide bonds. The van der Waals surface area contributed by atoms with E-state index in [0.717, 1.165) is 16.5 Å². The van der Waals surface area contributed by atoms with Crippen LogP contribution in [0.15, 0.2) is 72.8 Å². The molecule has 0 N–H and O–H groups in total. The lowest BCUT2D eigenvalue weighted by Crippen LogP contribution is -1.84. The number of aromatic nitrogens is 1. The van der Waals surface area contributed by atoms with Gasteiger partial charge in [-0.25, -0.2) is 4.98 Å². The van der Waals surface area contributed by atoms with E-state index in [1.165, 1.54) is 16.3 Å². The van der Waals surface area contributed by atoms with Gasteiger partial charge in [0, 0.05) is 5.39 Å². The number of fused-ring (bicyclic) bond motifs is 2. The molecule has 0 fully saturated rings. The van der Waals surface area contributed by atoms with Crippen molar-refractivity contribution < 1.29 is 0 Å². The van der Waals surface area contributed by atoms with Crippen LogP contribution in [0.4, 0.5) is 0 Å². The number of halogens is 1. The number of rotatable bonds is 1. The Morgan fingerprint density at radius 2 is 1.52 bits per heavy atom. The third-order valence-electron chi connectivity index (χ3n) is 3.76. The number of hydrogen-bond acceptors (Lipinski definition) is 1. The first kappa shape index (κ1) is 12.4. The first-order valence-corrected chi connectivity index (χ1v) is 7.23. The molecule has 0 radical (unpaired) electrons. The van der Waals surface area contributed by atoms with Crippen LogP contribution in [0.1, 0.15) is 0 Å². The molecule has 2 heteroatoms. The SMILES string of the molecule is Clc1ccc2ccc(-c3cccc4ccccc34)cc2n1. The van der Waals surface area contributed by atoms with Crippen molar-refractivity contribution in [3.05, 3.63) is 77.9 Å². The number of nitrogens with zero attached hydrogens (tertiary/aromatic N) is 1. The molecular formula is C19H12ClN. The smallest absolute Gasteiger partial charge is 0.129 e. The summed E-state index contributed by atoms with van der Waals surface area (Å²) in [5.41, 5.74) is 3.30. The average molecular weight is 290 g/mol. The molecule has 0 unspecified atom stereocenters. The summed E-state index contributed by atoms with van der Waals surface area (Å²) in [6.45, 7) is 0. The summed E-state index contributed by atoms with van der Waals surface area (Å²) in [4.78, 5) is 4.41. The van der Waals surface area contributed by atoms with Crippen molar-refractivity contribution in [1.82, 2.24) is 4.98 Å². The van der Waals surface area contributed by atoms with Crippen molar-refractivity contribution >= 4 is 33.3 Å². The van der Waals surface area contributed by atoms with Crippen LogP contribution in [-0.2, 0) is 0 Å². The summed E-state index contributed by atoms with van der Waals surface area (Å²) in [5.74, 6) is 0. The molecule has 0 atom stereocenters. The molecule has 100 valence electrons. The van der Waals surface area contributed by atoms with E-state index in [1.807, 2.05) is 12.1 Å². The summed E-state index contributed by atoms with van der Waals surface area (Å²) >= 11 is 6.00. The summed E-state index contributed by atoms with van der Waals surface area (Å²) in [7, 11) is 0. The van der Waals surface area contributed by atoms with Crippen LogP contribution in [0.25, 0.3) is 32.8 Å². The third-order valence-corrected chi connectivity index (χ3v) is 3.97. The van der Waals surface area contributed by atoms with E-state index in [1.54, 1.807) is 0 Å². The minimum absolute atomic E-state index is 0.526. The molecule has 3 aromatic carbocycles. The highest BCUT2D eigenvalue weighted by Gasteiger charge is 2.05. The molecular weight excluding hydrogens is 278 g/mol. The quantitative estimate of drug-likeness (QED) is 0.409. The fourth-order valence-electron chi connectivity index (χ4n) is 2.74. The van der Waals surface area contributed by atoms with Gasteiger partial charge in [-0.15, -0.1) is 0 Å². The number of pyridine rings is 1. The predicted octanol–water partition coefficient (Wildman–Crippen LogP) is 5.71. The Morgan fingerprint density at radius 1 is 0.714 bits per heavy atom. The van der Waals surface area contributed by atoms with Crippen LogP contribution in [0.5, 0.6) is 0 Å². The van der Waals surface area contributed by atoms with Crippen LogP contribution in [0.3, 0.4) is 0 Å². The van der Waals surface area contributed by atoms with E-state index < -0.39 is 0 Å². The van der Waals surface area contributed by atoms with Gasteiger partial charge in [0.2, 0.25) is 0 Å². The zero-order valence-corrected chi connectivity index (χ0v) is 12.0. The van der Waals surface area contributed by atoms with Gasteiger partial charge in [-0.2, -0.15) is 0 Å². The van der Waals surface area contributed by atoms with Crippen molar-refractivity contribution in [2.75, 3.05) is 0 Å². The molecule has 0 spiro atoms. The predicted molar refractivity (Wildman–Crippen MR) is 89.7 cm³/mol. The van der Waals surface area contributed by atoms with Crippen LogP contribution in [-0.4, -0.2) is 4.98 Å². The van der Waals surface area contributed by atoms with Crippen molar-refractivity contribution in [2.24, 2.45) is 0 Å². The first-order chi connectivity index (χ1) is 10.3. The molecule has 0 bridgehead atoms. The Morgan fingerprint density at radius 3 is 2.48 bits per heavy atom. The zero-order chi connectivity index (χ0) is 14.2. The molecule has 0 saturated heterocycles. The summed E-state index contributed by atoms with van der Waals surface area (Å²) < 4.78 is 0. The first-order valence-electron chi connectivity index (χ1n) is 6.86. The van der Waals surface area contributed by atoms with Crippen LogP contribution in [0.2, 0.25) is 5.15 Å². The van der Waals surface area contributed by atoms with Gasteiger partial charge in [-0.1, -0.05) is 66.2 Å². The number of hydrogen-bond donors (Lipinski definition) is 0. The largest absolute Gasteiger partial charge is 0.236 e. The Balaban J connectivity index is 2.00. The van der Waals surface area contributed by atoms with Gasteiger partial charge in [0.15, 0.2) is 0 Å². The molecule has 0 aliphatic carbocycles. The molecule has 0 aliphatic heterocycles.